The Labute approximate surface area is 135 Å². The molecule has 1 saturated heterocycles. The van der Waals surface area contributed by atoms with E-state index in [1.807, 2.05) is 41.7 Å². The van der Waals surface area contributed by atoms with Crippen LogP contribution in [-0.4, -0.2) is 22.4 Å². The fraction of sp³-hybridized carbons (Fsp3) is 0.286. The predicted molar refractivity (Wildman–Crippen MR) is 92.1 cm³/mol. The van der Waals surface area contributed by atoms with Crippen molar-refractivity contribution in [2.45, 2.75) is 11.1 Å². The number of nitrogens with two attached hydrogens (primary N) is 1. The molecule has 0 atom stereocenters. The molecule has 1 aliphatic heterocycles. The summed E-state index contributed by atoms with van der Waals surface area (Å²) >= 11 is 5.31. The van der Waals surface area contributed by atoms with Crippen molar-refractivity contribution >= 4 is 46.5 Å². The third kappa shape index (κ3) is 3.60. The summed E-state index contributed by atoms with van der Waals surface area (Å²) in [4.78, 5) is 16.4. The van der Waals surface area contributed by atoms with Gasteiger partial charge in [-0.1, -0.05) is 12.1 Å². The van der Waals surface area contributed by atoms with Gasteiger partial charge in [0.15, 0.2) is 0 Å². The number of thiazole rings is 1. The van der Waals surface area contributed by atoms with Crippen LogP contribution in [0.15, 0.2) is 29.6 Å². The maximum absolute atomic E-state index is 12.2. The fourth-order valence-electron chi connectivity index (χ4n) is 2.02. The molecule has 2 aromatic rings. The molecule has 0 spiro atoms. The second kappa shape index (κ2) is 6.83. The second-order valence-corrected chi connectivity index (χ2v) is 8.15. The summed E-state index contributed by atoms with van der Waals surface area (Å²) in [6.45, 7) is 0.365. The molecule has 1 aromatic heterocycles. The lowest BCUT2D eigenvalue weighted by Crippen LogP contribution is -2.12. The number of anilines is 1. The van der Waals surface area contributed by atoms with Gasteiger partial charge in [0.2, 0.25) is 0 Å². The predicted octanol–water partition coefficient (Wildman–Crippen LogP) is 3.33. The summed E-state index contributed by atoms with van der Waals surface area (Å²) in [6, 6.07) is 8.05. The molecule has 110 valence electrons. The van der Waals surface area contributed by atoms with Gasteiger partial charge in [-0.25, -0.2) is 4.98 Å². The van der Waals surface area contributed by atoms with Gasteiger partial charge in [0.25, 0.3) is 5.91 Å². The highest BCUT2D eigenvalue weighted by Crippen LogP contribution is 2.45. The number of hydrogen-bond donors (Lipinski definition) is 2. The maximum Gasteiger partial charge on any atom is 0.275 e. The topological polar surface area (TPSA) is 68.0 Å². The minimum absolute atomic E-state index is 0.185. The van der Waals surface area contributed by atoms with Crippen molar-refractivity contribution in [3.05, 3.63) is 45.9 Å². The van der Waals surface area contributed by atoms with Crippen LogP contribution in [-0.2, 0) is 6.54 Å². The Balaban J connectivity index is 1.72. The van der Waals surface area contributed by atoms with Gasteiger partial charge < -0.3 is 11.1 Å². The first-order valence-corrected chi connectivity index (χ1v) is 9.53. The molecule has 0 bridgehead atoms. The summed E-state index contributed by atoms with van der Waals surface area (Å²) < 4.78 is 0.477. The zero-order valence-electron chi connectivity index (χ0n) is 11.2. The van der Waals surface area contributed by atoms with Crippen molar-refractivity contribution in [1.29, 1.82) is 0 Å². The smallest absolute Gasteiger partial charge is 0.275 e. The van der Waals surface area contributed by atoms with E-state index in [0.29, 0.717) is 16.8 Å². The molecule has 3 N–H and O–H groups in total. The Morgan fingerprint density at radius 3 is 2.90 bits per heavy atom. The normalized spacial score (nSPS) is 15.3. The Bertz CT molecular complexity index is 638. The highest BCUT2D eigenvalue weighted by Gasteiger charge is 2.18. The summed E-state index contributed by atoms with van der Waals surface area (Å²) in [6.07, 6.45) is 0. The first-order chi connectivity index (χ1) is 10.3. The molecule has 1 amide bonds. The Morgan fingerprint density at radius 2 is 2.19 bits per heavy atom. The van der Waals surface area contributed by atoms with Crippen LogP contribution in [0.5, 0.6) is 0 Å². The SMILES string of the molecule is NCc1nc(C(=O)Nc2cccc(C3SCCS3)c2)cs1. The van der Waals surface area contributed by atoms with Gasteiger partial charge >= 0.3 is 0 Å². The number of nitrogens with zero attached hydrogens (tertiary/aromatic N) is 1. The van der Waals surface area contributed by atoms with Gasteiger partial charge in [-0.2, -0.15) is 0 Å². The molecule has 21 heavy (non-hydrogen) atoms. The molecule has 0 unspecified atom stereocenters. The van der Waals surface area contributed by atoms with E-state index in [1.165, 1.54) is 28.4 Å². The summed E-state index contributed by atoms with van der Waals surface area (Å²) in [5, 5.41) is 5.42. The second-order valence-electron chi connectivity index (χ2n) is 4.48. The molecule has 0 radical (unpaired) electrons. The number of rotatable bonds is 4. The van der Waals surface area contributed by atoms with Crippen LogP contribution < -0.4 is 11.1 Å². The standard InChI is InChI=1S/C14H15N3OS3/c15-7-12-17-11(8-21-12)13(18)16-10-3-1-2-9(6-10)14-19-4-5-20-14/h1-3,6,8,14H,4-5,7,15H2,(H,16,18). The number of carbonyl (C=O) groups is 1. The lowest BCUT2D eigenvalue weighted by Gasteiger charge is -2.10. The maximum atomic E-state index is 12.2. The lowest BCUT2D eigenvalue weighted by atomic mass is 10.2. The Kier molecular flexibility index (Phi) is 4.84. The zero-order valence-corrected chi connectivity index (χ0v) is 13.7. The van der Waals surface area contributed by atoms with E-state index < -0.39 is 0 Å². The molecular formula is C14H15N3OS3. The zero-order chi connectivity index (χ0) is 14.7. The third-order valence-corrected chi connectivity index (χ3v) is 6.97. The van der Waals surface area contributed by atoms with Gasteiger partial charge in [-0.05, 0) is 17.7 Å². The third-order valence-electron chi connectivity index (χ3n) is 3.00. The number of amides is 1. The molecule has 2 heterocycles. The number of hydrogen-bond acceptors (Lipinski definition) is 6. The van der Waals surface area contributed by atoms with E-state index >= 15 is 0 Å². The van der Waals surface area contributed by atoms with Gasteiger partial charge in [0.05, 0.1) is 4.58 Å². The van der Waals surface area contributed by atoms with Gasteiger partial charge in [0, 0.05) is 29.1 Å². The van der Waals surface area contributed by atoms with Crippen LogP contribution in [0.25, 0.3) is 0 Å². The van der Waals surface area contributed by atoms with Gasteiger partial charge in [-0.3, -0.25) is 4.79 Å². The highest BCUT2D eigenvalue weighted by molar-refractivity contribution is 8.19. The lowest BCUT2D eigenvalue weighted by molar-refractivity contribution is 0.102. The molecule has 0 saturated carbocycles. The van der Waals surface area contributed by atoms with E-state index in [0.717, 1.165) is 10.7 Å². The van der Waals surface area contributed by atoms with Crippen molar-refractivity contribution < 1.29 is 4.79 Å². The number of nitrogens with one attached hydrogen (secondary N) is 1. The number of thioether (sulfide) groups is 2. The molecule has 7 heteroatoms. The van der Waals surface area contributed by atoms with E-state index in [2.05, 4.69) is 16.4 Å². The average Bonchev–Trinajstić information content (AvgIpc) is 3.19. The molecule has 1 aromatic carbocycles. The van der Waals surface area contributed by atoms with Crippen LogP contribution >= 0.6 is 34.9 Å². The molecule has 4 nitrogen and oxygen atoms in total. The number of benzene rings is 1. The van der Waals surface area contributed by atoms with E-state index in [4.69, 9.17) is 5.73 Å². The summed E-state index contributed by atoms with van der Waals surface area (Å²) in [5.74, 6) is 2.19. The minimum Gasteiger partial charge on any atom is -0.325 e. The summed E-state index contributed by atoms with van der Waals surface area (Å²) in [5.41, 5.74) is 8.01. The van der Waals surface area contributed by atoms with Gasteiger partial charge in [-0.15, -0.1) is 34.9 Å². The van der Waals surface area contributed by atoms with E-state index in [-0.39, 0.29) is 5.91 Å². The molecular weight excluding hydrogens is 322 g/mol. The average molecular weight is 337 g/mol. The minimum atomic E-state index is -0.185. The largest absolute Gasteiger partial charge is 0.325 e. The molecule has 3 rings (SSSR count). The molecule has 0 aliphatic carbocycles. The van der Waals surface area contributed by atoms with Crippen LogP contribution in [0.2, 0.25) is 0 Å². The van der Waals surface area contributed by atoms with Crippen molar-refractivity contribution in [2.24, 2.45) is 5.73 Å². The van der Waals surface area contributed by atoms with Crippen molar-refractivity contribution in [3.63, 3.8) is 0 Å². The van der Waals surface area contributed by atoms with E-state index in [1.54, 1.807) is 5.38 Å². The Hall–Kier alpha value is -1.02. The van der Waals surface area contributed by atoms with Crippen LogP contribution in [0, 0.1) is 0 Å². The van der Waals surface area contributed by atoms with Crippen molar-refractivity contribution in [2.75, 3.05) is 16.8 Å². The van der Waals surface area contributed by atoms with Gasteiger partial charge in [0.1, 0.15) is 10.7 Å². The first-order valence-electron chi connectivity index (χ1n) is 6.55. The quantitative estimate of drug-likeness (QED) is 0.895. The van der Waals surface area contributed by atoms with Crippen LogP contribution in [0.4, 0.5) is 5.69 Å². The van der Waals surface area contributed by atoms with Crippen molar-refractivity contribution in [3.8, 4) is 0 Å². The fourth-order valence-corrected chi connectivity index (χ4v) is 5.51. The summed E-state index contributed by atoms with van der Waals surface area (Å²) in [7, 11) is 0. The number of carbonyl (C=O) groups excluding carboxylic acids is 1. The van der Waals surface area contributed by atoms with Crippen LogP contribution in [0.3, 0.4) is 0 Å². The van der Waals surface area contributed by atoms with E-state index in [9.17, 15) is 4.79 Å². The van der Waals surface area contributed by atoms with Crippen LogP contribution in [0.1, 0.15) is 25.6 Å². The highest BCUT2D eigenvalue weighted by atomic mass is 32.2. The molecule has 1 aliphatic rings. The van der Waals surface area contributed by atoms with Crippen molar-refractivity contribution in [1.82, 2.24) is 4.98 Å². The first kappa shape index (κ1) is 14.9. The monoisotopic (exact) mass is 337 g/mol. The number of aromatic nitrogens is 1. The Morgan fingerprint density at radius 1 is 1.38 bits per heavy atom. The molecule has 1 fully saturated rings.